The number of nitrogens with zero attached hydrogens (tertiary/aromatic N) is 2. The van der Waals surface area contributed by atoms with Crippen LogP contribution in [0.25, 0.3) is 0 Å². The first-order chi connectivity index (χ1) is 13.7. The van der Waals surface area contributed by atoms with Gasteiger partial charge in [-0.1, -0.05) is 29.8 Å². The molecule has 2 aliphatic rings. The topological polar surface area (TPSA) is 69.3 Å². The zero-order valence-electron chi connectivity index (χ0n) is 15.8. The van der Waals surface area contributed by atoms with Crippen molar-refractivity contribution < 1.29 is 4.79 Å². The Morgan fingerprint density at radius 2 is 2.04 bits per heavy atom. The number of hydrogen-bond donors (Lipinski definition) is 3. The number of rotatable bonds is 6. The summed E-state index contributed by atoms with van der Waals surface area (Å²) in [6, 6.07) is 11.6. The van der Waals surface area contributed by atoms with Gasteiger partial charge in [-0.15, -0.1) is 0 Å². The van der Waals surface area contributed by atoms with Gasteiger partial charge in [0.2, 0.25) is 5.91 Å². The molecule has 6 nitrogen and oxygen atoms in total. The molecule has 1 aromatic carbocycles. The maximum absolute atomic E-state index is 13.1. The average molecular weight is 400 g/mol. The van der Waals surface area contributed by atoms with Crippen LogP contribution >= 0.6 is 11.6 Å². The van der Waals surface area contributed by atoms with Crippen molar-refractivity contribution in [2.24, 2.45) is 5.92 Å². The molecule has 2 aliphatic heterocycles. The van der Waals surface area contributed by atoms with Gasteiger partial charge in [0.25, 0.3) is 0 Å². The van der Waals surface area contributed by atoms with E-state index >= 15 is 0 Å². The number of likely N-dealkylation sites (tertiary alicyclic amines) is 1. The monoisotopic (exact) mass is 399 g/mol. The fraction of sp³-hybridized carbons (Fsp3) is 0.429. The van der Waals surface area contributed by atoms with E-state index in [9.17, 15) is 4.79 Å². The van der Waals surface area contributed by atoms with Crippen molar-refractivity contribution in [3.8, 4) is 0 Å². The number of pyridine rings is 1. The molecule has 4 rings (SSSR count). The number of halogens is 1. The van der Waals surface area contributed by atoms with E-state index in [1.165, 1.54) is 0 Å². The number of aromatic nitrogens is 1. The maximum atomic E-state index is 13.1. The Kier molecular flexibility index (Phi) is 6.22. The first kappa shape index (κ1) is 19.3. The summed E-state index contributed by atoms with van der Waals surface area (Å²) in [6.07, 6.45) is 5.82. The molecular formula is C21H26ClN5O. The summed E-state index contributed by atoms with van der Waals surface area (Å²) in [7, 11) is 0. The van der Waals surface area contributed by atoms with Gasteiger partial charge in [0, 0.05) is 36.4 Å². The van der Waals surface area contributed by atoms with E-state index in [1.807, 2.05) is 36.4 Å². The highest BCUT2D eigenvalue weighted by Gasteiger charge is 2.32. The molecule has 3 heterocycles. The van der Waals surface area contributed by atoms with Crippen molar-refractivity contribution in [2.45, 2.75) is 24.9 Å². The van der Waals surface area contributed by atoms with E-state index in [1.54, 1.807) is 12.4 Å². The van der Waals surface area contributed by atoms with Crippen LogP contribution in [0.3, 0.4) is 0 Å². The van der Waals surface area contributed by atoms with E-state index < -0.39 is 0 Å². The van der Waals surface area contributed by atoms with Crippen molar-refractivity contribution in [1.29, 1.82) is 0 Å². The number of hydrazine groups is 1. The molecule has 2 fully saturated rings. The number of carbonyl (C=O) groups is 1. The van der Waals surface area contributed by atoms with Crippen molar-refractivity contribution >= 4 is 17.5 Å². The third-order valence-electron chi connectivity index (χ3n) is 5.62. The lowest BCUT2D eigenvalue weighted by molar-refractivity contribution is -0.126. The first-order valence-corrected chi connectivity index (χ1v) is 10.3. The van der Waals surface area contributed by atoms with Gasteiger partial charge in [-0.2, -0.15) is 0 Å². The minimum atomic E-state index is -0.271. The SMILES string of the molecule is O=C(NCC1CNNC1c1ccc(Cl)cc1)C(c1cccnc1)N1CCCC1. The minimum absolute atomic E-state index is 0.0525. The first-order valence-electron chi connectivity index (χ1n) is 9.88. The summed E-state index contributed by atoms with van der Waals surface area (Å²) in [5.41, 5.74) is 8.66. The lowest BCUT2D eigenvalue weighted by Crippen LogP contribution is -2.42. The zero-order valence-corrected chi connectivity index (χ0v) is 16.5. The zero-order chi connectivity index (χ0) is 19.3. The van der Waals surface area contributed by atoms with Crippen LogP contribution in [-0.2, 0) is 4.79 Å². The number of benzene rings is 1. The second-order valence-electron chi connectivity index (χ2n) is 7.49. The number of hydrogen-bond acceptors (Lipinski definition) is 5. The Morgan fingerprint density at radius 1 is 1.25 bits per heavy atom. The van der Waals surface area contributed by atoms with Crippen molar-refractivity contribution in [3.05, 3.63) is 64.9 Å². The maximum Gasteiger partial charge on any atom is 0.242 e. The Balaban J connectivity index is 1.43. The average Bonchev–Trinajstić information content (AvgIpc) is 3.40. The molecule has 28 heavy (non-hydrogen) atoms. The second kappa shape index (κ2) is 9.01. The van der Waals surface area contributed by atoms with E-state index in [-0.39, 0.29) is 23.9 Å². The van der Waals surface area contributed by atoms with Crippen molar-refractivity contribution in [2.75, 3.05) is 26.2 Å². The Labute approximate surface area is 170 Å². The molecule has 3 N–H and O–H groups in total. The van der Waals surface area contributed by atoms with Crippen LogP contribution in [0.5, 0.6) is 0 Å². The van der Waals surface area contributed by atoms with Gasteiger partial charge in [0.05, 0.1) is 6.04 Å². The van der Waals surface area contributed by atoms with Crippen LogP contribution in [0, 0.1) is 5.92 Å². The Morgan fingerprint density at radius 3 is 2.75 bits per heavy atom. The molecular weight excluding hydrogens is 374 g/mol. The highest BCUT2D eigenvalue weighted by Crippen LogP contribution is 2.27. The van der Waals surface area contributed by atoms with Gasteiger partial charge in [0.15, 0.2) is 0 Å². The fourth-order valence-electron chi connectivity index (χ4n) is 4.15. The summed E-state index contributed by atoms with van der Waals surface area (Å²) in [6.45, 7) is 3.31. The Bertz CT molecular complexity index is 779. The predicted molar refractivity (Wildman–Crippen MR) is 110 cm³/mol. The lowest BCUT2D eigenvalue weighted by Gasteiger charge is -2.27. The van der Waals surface area contributed by atoms with Gasteiger partial charge in [-0.05, 0) is 55.3 Å². The van der Waals surface area contributed by atoms with Crippen LogP contribution in [0.2, 0.25) is 5.02 Å². The summed E-state index contributed by atoms with van der Waals surface area (Å²) >= 11 is 6.01. The molecule has 1 aromatic heterocycles. The molecule has 2 saturated heterocycles. The Hall–Kier alpha value is -1.99. The van der Waals surface area contributed by atoms with Gasteiger partial charge in [0.1, 0.15) is 6.04 Å². The van der Waals surface area contributed by atoms with Gasteiger partial charge in [-0.3, -0.25) is 20.1 Å². The van der Waals surface area contributed by atoms with Crippen molar-refractivity contribution in [1.82, 2.24) is 26.1 Å². The number of amides is 1. The summed E-state index contributed by atoms with van der Waals surface area (Å²) < 4.78 is 0. The van der Waals surface area contributed by atoms with E-state index in [4.69, 9.17) is 11.6 Å². The van der Waals surface area contributed by atoms with Gasteiger partial charge >= 0.3 is 0 Å². The molecule has 7 heteroatoms. The fourth-order valence-corrected chi connectivity index (χ4v) is 4.27. The smallest absolute Gasteiger partial charge is 0.242 e. The third-order valence-corrected chi connectivity index (χ3v) is 5.87. The molecule has 3 atom stereocenters. The highest BCUT2D eigenvalue weighted by molar-refractivity contribution is 6.30. The van der Waals surface area contributed by atoms with Crippen LogP contribution < -0.4 is 16.2 Å². The molecule has 0 spiro atoms. The highest BCUT2D eigenvalue weighted by atomic mass is 35.5. The van der Waals surface area contributed by atoms with E-state index in [0.717, 1.165) is 48.6 Å². The van der Waals surface area contributed by atoms with Crippen LogP contribution in [-0.4, -0.2) is 42.0 Å². The molecule has 148 valence electrons. The summed E-state index contributed by atoms with van der Waals surface area (Å²) in [4.78, 5) is 19.6. The molecule has 2 aromatic rings. The molecule has 0 radical (unpaired) electrons. The van der Waals surface area contributed by atoms with Gasteiger partial charge in [-0.25, -0.2) is 5.43 Å². The molecule has 0 bridgehead atoms. The lowest BCUT2D eigenvalue weighted by atomic mass is 9.94. The van der Waals surface area contributed by atoms with Crippen LogP contribution in [0.15, 0.2) is 48.8 Å². The van der Waals surface area contributed by atoms with E-state index in [2.05, 4.69) is 26.1 Å². The second-order valence-corrected chi connectivity index (χ2v) is 7.93. The molecule has 1 amide bonds. The standard InChI is InChI=1S/C21H26ClN5O/c22-18-7-5-15(6-8-18)19-17(14-25-26-19)13-24-21(28)20(27-10-1-2-11-27)16-4-3-9-23-12-16/h3-9,12,17,19-20,25-26H,1-2,10-11,13-14H2,(H,24,28). The quantitative estimate of drug-likeness (QED) is 0.696. The van der Waals surface area contributed by atoms with E-state index in [0.29, 0.717) is 6.54 Å². The van der Waals surface area contributed by atoms with Gasteiger partial charge < -0.3 is 5.32 Å². The third kappa shape index (κ3) is 4.36. The largest absolute Gasteiger partial charge is 0.354 e. The number of carbonyl (C=O) groups excluding carboxylic acids is 1. The van der Waals surface area contributed by atoms with Crippen molar-refractivity contribution in [3.63, 3.8) is 0 Å². The van der Waals surface area contributed by atoms with Crippen LogP contribution in [0.4, 0.5) is 0 Å². The molecule has 0 aliphatic carbocycles. The summed E-state index contributed by atoms with van der Waals surface area (Å²) in [5, 5.41) is 3.92. The normalized spacial score (nSPS) is 23.6. The predicted octanol–water partition coefficient (Wildman–Crippen LogP) is 2.45. The number of nitrogens with one attached hydrogen (secondary N) is 3. The molecule has 0 saturated carbocycles. The minimum Gasteiger partial charge on any atom is -0.354 e. The van der Waals surface area contributed by atoms with Crippen LogP contribution in [0.1, 0.15) is 36.1 Å². The molecule has 3 unspecified atom stereocenters. The summed E-state index contributed by atoms with van der Waals surface area (Å²) in [5.74, 6) is 0.315.